The summed E-state index contributed by atoms with van der Waals surface area (Å²) in [7, 11) is 0. The quantitative estimate of drug-likeness (QED) is 0.825. The monoisotopic (exact) mass is 265 g/mol. The molecule has 0 aliphatic carbocycles. The number of nitrogens with zero attached hydrogens (tertiary/aromatic N) is 3. The summed E-state index contributed by atoms with van der Waals surface area (Å²) >= 11 is 0. The molecule has 1 N–H and O–H groups in total. The van der Waals surface area contributed by atoms with E-state index in [9.17, 15) is 9.59 Å². The summed E-state index contributed by atoms with van der Waals surface area (Å²) in [4.78, 5) is 31.8. The van der Waals surface area contributed by atoms with Crippen molar-refractivity contribution in [3.05, 3.63) is 23.3 Å². The highest BCUT2D eigenvalue weighted by atomic mass is 16.6. The Kier molecular flexibility index (Phi) is 3.13. The number of ether oxygens (including phenoxy) is 1. The van der Waals surface area contributed by atoms with E-state index in [4.69, 9.17) is 9.84 Å². The van der Waals surface area contributed by atoms with Gasteiger partial charge in [-0.3, -0.25) is 4.90 Å². The summed E-state index contributed by atoms with van der Waals surface area (Å²) in [6.45, 7) is 5.94. The number of aromatic nitrogens is 2. The lowest BCUT2D eigenvalue weighted by Crippen LogP contribution is -2.33. The van der Waals surface area contributed by atoms with Crippen molar-refractivity contribution in [1.82, 2.24) is 14.9 Å². The van der Waals surface area contributed by atoms with Gasteiger partial charge in [0.15, 0.2) is 0 Å². The molecule has 0 saturated carbocycles. The molecule has 1 aliphatic heterocycles. The molecule has 0 radical (unpaired) electrons. The van der Waals surface area contributed by atoms with E-state index in [1.165, 1.54) is 11.1 Å². The zero-order valence-electron chi connectivity index (χ0n) is 11.0. The maximum absolute atomic E-state index is 11.9. The largest absolute Gasteiger partial charge is 0.475 e. The molecule has 0 aromatic carbocycles. The van der Waals surface area contributed by atoms with Crippen LogP contribution in [0.3, 0.4) is 0 Å². The first kappa shape index (κ1) is 13.3. The molecule has 0 unspecified atom stereocenters. The van der Waals surface area contributed by atoms with E-state index in [0.717, 1.165) is 5.56 Å². The van der Waals surface area contributed by atoms with E-state index in [1.807, 2.05) is 0 Å². The van der Waals surface area contributed by atoms with Gasteiger partial charge < -0.3 is 9.84 Å². The van der Waals surface area contributed by atoms with Crippen molar-refractivity contribution in [1.29, 1.82) is 0 Å². The maximum atomic E-state index is 11.9. The van der Waals surface area contributed by atoms with Gasteiger partial charge in [0, 0.05) is 11.8 Å². The average Bonchev–Trinajstić information content (AvgIpc) is 2.68. The van der Waals surface area contributed by atoms with Gasteiger partial charge >= 0.3 is 12.1 Å². The van der Waals surface area contributed by atoms with Gasteiger partial charge in [-0.15, -0.1) is 0 Å². The highest BCUT2D eigenvalue weighted by Crippen LogP contribution is 2.22. The van der Waals surface area contributed by atoms with Gasteiger partial charge in [0.2, 0.25) is 5.82 Å². The molecule has 2 rings (SSSR count). The number of hydrogen-bond donors (Lipinski definition) is 1. The van der Waals surface area contributed by atoms with E-state index in [0.29, 0.717) is 12.2 Å². The molecule has 1 aliphatic rings. The predicted octanol–water partition coefficient (Wildman–Crippen LogP) is 1.43. The van der Waals surface area contributed by atoms with Crippen LogP contribution in [0.5, 0.6) is 0 Å². The molecule has 0 spiro atoms. The number of amides is 1. The Morgan fingerprint density at radius 3 is 2.63 bits per heavy atom. The van der Waals surface area contributed by atoms with Gasteiger partial charge in [-0.1, -0.05) is 0 Å². The van der Waals surface area contributed by atoms with Crippen LogP contribution in [0, 0.1) is 0 Å². The first-order chi connectivity index (χ1) is 8.76. The highest BCUT2D eigenvalue weighted by Gasteiger charge is 2.29. The summed E-state index contributed by atoms with van der Waals surface area (Å²) in [5.41, 5.74) is 0.734. The molecule has 0 atom stereocenters. The summed E-state index contributed by atoms with van der Waals surface area (Å²) in [5.74, 6) is -1.44. The zero-order valence-corrected chi connectivity index (χ0v) is 11.0. The van der Waals surface area contributed by atoms with E-state index in [1.54, 1.807) is 20.8 Å². The molecular weight excluding hydrogens is 250 g/mol. The van der Waals surface area contributed by atoms with Crippen molar-refractivity contribution in [2.45, 2.75) is 39.5 Å². The molecular formula is C12H15N3O4. The number of rotatable bonds is 1. The van der Waals surface area contributed by atoms with Gasteiger partial charge in [0.1, 0.15) is 5.60 Å². The fourth-order valence-electron chi connectivity index (χ4n) is 1.71. The Labute approximate surface area is 110 Å². The standard InChI is InChI=1S/C12H15N3O4/c1-12(2,3)19-11(18)15-5-7-4-13-9(10(16)17)14-8(7)6-15/h4H,5-6H2,1-3H3,(H,16,17). The van der Waals surface area contributed by atoms with Gasteiger partial charge in [0.25, 0.3) is 0 Å². The summed E-state index contributed by atoms with van der Waals surface area (Å²) in [6, 6.07) is 0. The molecule has 0 bridgehead atoms. The number of carboxylic acid groups (broad SMARTS) is 1. The number of aromatic carboxylic acids is 1. The molecule has 19 heavy (non-hydrogen) atoms. The lowest BCUT2D eigenvalue weighted by Gasteiger charge is -2.23. The van der Waals surface area contributed by atoms with Crippen LogP contribution < -0.4 is 0 Å². The SMILES string of the molecule is CC(C)(C)OC(=O)N1Cc2cnc(C(=O)O)nc2C1. The van der Waals surface area contributed by atoms with Gasteiger partial charge in [-0.25, -0.2) is 19.6 Å². The minimum Gasteiger partial charge on any atom is -0.475 e. The minimum absolute atomic E-state index is 0.243. The molecule has 0 fully saturated rings. The van der Waals surface area contributed by atoms with E-state index in [-0.39, 0.29) is 12.4 Å². The minimum atomic E-state index is -1.18. The molecule has 7 nitrogen and oxygen atoms in total. The lowest BCUT2D eigenvalue weighted by molar-refractivity contribution is 0.0240. The van der Waals surface area contributed by atoms with Crippen molar-refractivity contribution < 1.29 is 19.4 Å². The number of carbonyl (C=O) groups excluding carboxylic acids is 1. The molecule has 0 saturated heterocycles. The van der Waals surface area contributed by atoms with Crippen molar-refractivity contribution in [2.75, 3.05) is 0 Å². The predicted molar refractivity (Wildman–Crippen MR) is 64.5 cm³/mol. The second kappa shape index (κ2) is 4.49. The third-order valence-corrected chi connectivity index (χ3v) is 2.50. The van der Waals surface area contributed by atoms with Crippen LogP contribution in [0.15, 0.2) is 6.20 Å². The van der Waals surface area contributed by atoms with Crippen LogP contribution in [0.4, 0.5) is 4.79 Å². The van der Waals surface area contributed by atoms with Crippen LogP contribution in [-0.2, 0) is 17.8 Å². The fourth-order valence-corrected chi connectivity index (χ4v) is 1.71. The Balaban J connectivity index is 2.12. The third-order valence-electron chi connectivity index (χ3n) is 2.50. The van der Waals surface area contributed by atoms with Crippen molar-refractivity contribution in [3.63, 3.8) is 0 Å². The zero-order chi connectivity index (χ0) is 14.2. The van der Waals surface area contributed by atoms with E-state index < -0.39 is 17.7 Å². The molecule has 1 amide bonds. The summed E-state index contributed by atoms with van der Waals surface area (Å²) in [5, 5.41) is 8.81. The Morgan fingerprint density at radius 1 is 1.37 bits per heavy atom. The van der Waals surface area contributed by atoms with Crippen LogP contribution in [0.25, 0.3) is 0 Å². The van der Waals surface area contributed by atoms with Crippen LogP contribution in [0.1, 0.15) is 42.6 Å². The Hall–Kier alpha value is -2.18. The van der Waals surface area contributed by atoms with Crippen molar-refractivity contribution >= 4 is 12.1 Å². The van der Waals surface area contributed by atoms with Crippen LogP contribution in [-0.4, -0.2) is 37.6 Å². The van der Waals surface area contributed by atoms with Crippen LogP contribution >= 0.6 is 0 Å². The third kappa shape index (κ3) is 2.98. The number of fused-ring (bicyclic) bond motifs is 1. The summed E-state index contributed by atoms with van der Waals surface area (Å²) in [6.07, 6.45) is 0.998. The maximum Gasteiger partial charge on any atom is 0.410 e. The van der Waals surface area contributed by atoms with Crippen molar-refractivity contribution in [3.8, 4) is 0 Å². The van der Waals surface area contributed by atoms with E-state index >= 15 is 0 Å². The Bertz CT molecular complexity index is 536. The molecule has 102 valence electrons. The van der Waals surface area contributed by atoms with Crippen LogP contribution in [0.2, 0.25) is 0 Å². The van der Waals surface area contributed by atoms with Gasteiger partial charge in [-0.2, -0.15) is 0 Å². The highest BCUT2D eigenvalue weighted by molar-refractivity contribution is 5.83. The Morgan fingerprint density at radius 2 is 2.05 bits per heavy atom. The second-order valence-corrected chi connectivity index (χ2v) is 5.31. The molecule has 7 heteroatoms. The lowest BCUT2D eigenvalue weighted by atomic mass is 10.2. The normalized spacial score (nSPS) is 14.2. The van der Waals surface area contributed by atoms with Gasteiger partial charge in [0.05, 0.1) is 18.8 Å². The summed E-state index contributed by atoms with van der Waals surface area (Å²) < 4.78 is 5.25. The number of hydrogen-bond acceptors (Lipinski definition) is 5. The number of carbonyl (C=O) groups is 2. The average molecular weight is 265 g/mol. The first-order valence-electron chi connectivity index (χ1n) is 5.82. The first-order valence-corrected chi connectivity index (χ1v) is 5.82. The van der Waals surface area contributed by atoms with E-state index in [2.05, 4.69) is 9.97 Å². The fraction of sp³-hybridized carbons (Fsp3) is 0.500. The molecule has 1 aromatic heterocycles. The molecule has 1 aromatic rings. The second-order valence-electron chi connectivity index (χ2n) is 5.31. The van der Waals surface area contributed by atoms with Crippen molar-refractivity contribution in [2.24, 2.45) is 0 Å². The number of carboxylic acids is 1. The smallest absolute Gasteiger partial charge is 0.410 e. The molecule has 2 heterocycles. The van der Waals surface area contributed by atoms with Gasteiger partial charge in [-0.05, 0) is 20.8 Å². The topological polar surface area (TPSA) is 92.6 Å².